The highest BCUT2D eigenvalue weighted by Gasteiger charge is 2.25. The number of piperidine rings is 1. The largest absolute Gasteiger partial charge is 0.497 e. The van der Waals surface area contributed by atoms with Crippen LogP contribution in [0.25, 0.3) is 10.2 Å². The first kappa shape index (κ1) is 20.3. The Labute approximate surface area is 179 Å². The minimum Gasteiger partial charge on any atom is -0.497 e. The normalized spacial score (nSPS) is 14.6. The Morgan fingerprint density at radius 2 is 1.83 bits per heavy atom. The zero-order chi connectivity index (χ0) is 21.1. The predicted octanol–water partition coefficient (Wildman–Crippen LogP) is 4.70. The van der Waals surface area contributed by atoms with Crippen LogP contribution in [0.3, 0.4) is 0 Å². The first-order chi connectivity index (χ1) is 14.6. The van der Waals surface area contributed by atoms with Crippen LogP contribution in [0, 0.1) is 6.92 Å². The van der Waals surface area contributed by atoms with E-state index in [9.17, 15) is 4.79 Å². The fourth-order valence-electron chi connectivity index (χ4n) is 3.52. The first-order valence-corrected chi connectivity index (χ1v) is 10.7. The number of likely N-dealkylation sites (tertiary alicyclic amines) is 1. The Bertz CT molecular complexity index is 1020. The molecule has 8 heteroatoms. The number of thiazole rings is 1. The third-order valence-corrected chi connectivity index (χ3v) is 6.11. The number of nitrogens with zero attached hydrogens (tertiary/aromatic N) is 2. The number of urea groups is 1. The molecule has 158 valence electrons. The summed E-state index contributed by atoms with van der Waals surface area (Å²) in [5.41, 5.74) is 2.79. The van der Waals surface area contributed by atoms with Crippen LogP contribution in [-0.4, -0.2) is 49.3 Å². The van der Waals surface area contributed by atoms with Gasteiger partial charge in [-0.15, -0.1) is 0 Å². The zero-order valence-corrected chi connectivity index (χ0v) is 18.1. The van der Waals surface area contributed by atoms with Gasteiger partial charge in [0.05, 0.1) is 24.4 Å². The highest BCUT2D eigenvalue weighted by Crippen LogP contribution is 2.31. The van der Waals surface area contributed by atoms with E-state index in [2.05, 4.69) is 29.4 Å². The van der Waals surface area contributed by atoms with Gasteiger partial charge < -0.3 is 24.4 Å². The number of rotatable bonds is 5. The van der Waals surface area contributed by atoms with Crippen molar-refractivity contribution >= 4 is 33.3 Å². The second kappa shape index (κ2) is 8.79. The lowest BCUT2D eigenvalue weighted by Crippen LogP contribution is -2.43. The number of nitrogens with one attached hydrogen (secondary N) is 1. The summed E-state index contributed by atoms with van der Waals surface area (Å²) in [6, 6.07) is 11.3. The summed E-state index contributed by atoms with van der Waals surface area (Å²) in [6.45, 7) is 3.31. The van der Waals surface area contributed by atoms with Crippen LogP contribution in [-0.2, 0) is 0 Å². The first-order valence-electron chi connectivity index (χ1n) is 9.87. The van der Waals surface area contributed by atoms with Crippen molar-refractivity contribution in [3.63, 3.8) is 0 Å². The molecule has 0 aliphatic carbocycles. The molecule has 1 aliphatic rings. The van der Waals surface area contributed by atoms with Crippen molar-refractivity contribution in [3.05, 3.63) is 42.0 Å². The Kier molecular flexibility index (Phi) is 5.94. The lowest BCUT2D eigenvalue weighted by Gasteiger charge is -2.31. The van der Waals surface area contributed by atoms with E-state index in [4.69, 9.17) is 14.2 Å². The van der Waals surface area contributed by atoms with Gasteiger partial charge in [-0.3, -0.25) is 0 Å². The number of hydrogen-bond acceptors (Lipinski definition) is 6. The van der Waals surface area contributed by atoms with E-state index in [0.29, 0.717) is 35.5 Å². The molecule has 1 fully saturated rings. The van der Waals surface area contributed by atoms with E-state index >= 15 is 0 Å². The van der Waals surface area contributed by atoms with Gasteiger partial charge in [-0.05, 0) is 18.6 Å². The number of amides is 2. The Balaban J connectivity index is 1.33. The number of benzene rings is 2. The minimum atomic E-state index is -0.139. The third kappa shape index (κ3) is 4.43. The summed E-state index contributed by atoms with van der Waals surface area (Å²) in [6.07, 6.45) is 1.60. The van der Waals surface area contributed by atoms with Crippen molar-refractivity contribution in [1.82, 2.24) is 9.88 Å². The highest BCUT2D eigenvalue weighted by molar-refractivity contribution is 7.20. The molecule has 2 aromatic carbocycles. The molecule has 0 atom stereocenters. The van der Waals surface area contributed by atoms with Crippen LogP contribution in [0.5, 0.6) is 16.7 Å². The van der Waals surface area contributed by atoms with E-state index in [-0.39, 0.29) is 12.1 Å². The number of aryl methyl sites for hydroxylation is 1. The van der Waals surface area contributed by atoms with Crippen LogP contribution < -0.4 is 19.5 Å². The standard InChI is InChI=1S/C22H25N3O4S/c1-14-5-4-6-19-20(14)24-22(30-19)29-16-7-9-25(10-8-16)21(26)23-15-11-17(27-2)13-18(12-15)28-3/h4-6,11-13,16H,7-10H2,1-3H3,(H,23,26). The van der Waals surface area contributed by atoms with Crippen LogP contribution in [0.2, 0.25) is 0 Å². The number of carbonyl (C=O) groups is 1. The average Bonchev–Trinajstić information content (AvgIpc) is 3.17. The van der Waals surface area contributed by atoms with Crippen LogP contribution >= 0.6 is 11.3 Å². The van der Waals surface area contributed by atoms with Gasteiger partial charge in [0.25, 0.3) is 5.19 Å². The molecule has 2 amide bonds. The zero-order valence-electron chi connectivity index (χ0n) is 17.3. The van der Waals surface area contributed by atoms with Crippen LogP contribution in [0.1, 0.15) is 18.4 Å². The average molecular weight is 428 g/mol. The Hall–Kier alpha value is -3.00. The van der Waals surface area contributed by atoms with Gasteiger partial charge in [0.15, 0.2) is 0 Å². The van der Waals surface area contributed by atoms with Gasteiger partial charge in [-0.2, -0.15) is 0 Å². The molecule has 0 bridgehead atoms. The SMILES string of the molecule is COc1cc(NC(=O)N2CCC(Oc3nc4c(C)cccc4s3)CC2)cc(OC)c1. The molecule has 7 nitrogen and oxygen atoms in total. The van der Waals surface area contributed by atoms with Crippen molar-refractivity contribution in [2.24, 2.45) is 0 Å². The lowest BCUT2D eigenvalue weighted by atomic mass is 10.1. The summed E-state index contributed by atoms with van der Waals surface area (Å²) >= 11 is 1.57. The monoisotopic (exact) mass is 427 g/mol. The predicted molar refractivity (Wildman–Crippen MR) is 118 cm³/mol. The Morgan fingerprint density at radius 1 is 1.13 bits per heavy atom. The molecule has 1 N–H and O–H groups in total. The number of ether oxygens (including phenoxy) is 3. The van der Waals surface area contributed by atoms with E-state index in [1.807, 2.05) is 6.07 Å². The number of para-hydroxylation sites is 1. The molecular formula is C22H25N3O4S. The van der Waals surface area contributed by atoms with Crippen molar-refractivity contribution in [1.29, 1.82) is 0 Å². The molecule has 0 radical (unpaired) electrons. The van der Waals surface area contributed by atoms with Crippen molar-refractivity contribution in [3.8, 4) is 16.7 Å². The lowest BCUT2D eigenvalue weighted by molar-refractivity contribution is 0.115. The smallest absolute Gasteiger partial charge is 0.321 e. The van der Waals surface area contributed by atoms with Gasteiger partial charge in [-0.1, -0.05) is 23.5 Å². The topological polar surface area (TPSA) is 72.9 Å². The molecule has 1 aromatic heterocycles. The number of carbonyl (C=O) groups excluding carboxylic acids is 1. The summed E-state index contributed by atoms with van der Waals surface area (Å²) in [5.74, 6) is 1.26. The fourth-order valence-corrected chi connectivity index (χ4v) is 4.48. The third-order valence-electron chi connectivity index (χ3n) is 5.20. The summed E-state index contributed by atoms with van der Waals surface area (Å²) in [5, 5.41) is 3.63. The van der Waals surface area contributed by atoms with E-state index in [0.717, 1.165) is 28.6 Å². The molecule has 0 unspecified atom stereocenters. The van der Waals surface area contributed by atoms with Gasteiger partial charge in [0, 0.05) is 49.8 Å². The quantitative estimate of drug-likeness (QED) is 0.639. The molecule has 30 heavy (non-hydrogen) atoms. The number of methoxy groups -OCH3 is 2. The summed E-state index contributed by atoms with van der Waals surface area (Å²) in [7, 11) is 3.16. The van der Waals surface area contributed by atoms with Crippen molar-refractivity contribution in [2.45, 2.75) is 25.9 Å². The van der Waals surface area contributed by atoms with Crippen LogP contribution in [0.4, 0.5) is 10.5 Å². The van der Waals surface area contributed by atoms with Crippen LogP contribution in [0.15, 0.2) is 36.4 Å². The fraction of sp³-hybridized carbons (Fsp3) is 0.364. The number of fused-ring (bicyclic) bond motifs is 1. The van der Waals surface area contributed by atoms with Gasteiger partial charge in [-0.25, -0.2) is 9.78 Å². The minimum absolute atomic E-state index is 0.0619. The molecule has 0 saturated carbocycles. The molecule has 1 aliphatic heterocycles. The Morgan fingerprint density at radius 3 is 2.47 bits per heavy atom. The van der Waals surface area contributed by atoms with Gasteiger partial charge in [0.1, 0.15) is 17.6 Å². The second-order valence-electron chi connectivity index (χ2n) is 7.24. The molecule has 3 aromatic rings. The van der Waals surface area contributed by atoms with Crippen molar-refractivity contribution < 1.29 is 19.0 Å². The number of hydrogen-bond donors (Lipinski definition) is 1. The maximum absolute atomic E-state index is 12.7. The molecule has 0 spiro atoms. The maximum Gasteiger partial charge on any atom is 0.321 e. The number of aromatic nitrogens is 1. The highest BCUT2D eigenvalue weighted by atomic mass is 32.1. The number of anilines is 1. The maximum atomic E-state index is 12.7. The van der Waals surface area contributed by atoms with Gasteiger partial charge >= 0.3 is 6.03 Å². The second-order valence-corrected chi connectivity index (χ2v) is 8.23. The molecule has 2 heterocycles. The van der Waals surface area contributed by atoms with Gasteiger partial charge in [0.2, 0.25) is 0 Å². The van der Waals surface area contributed by atoms with Crippen molar-refractivity contribution in [2.75, 3.05) is 32.6 Å². The summed E-state index contributed by atoms with van der Waals surface area (Å²) in [4.78, 5) is 19.1. The molecule has 1 saturated heterocycles. The molecule has 4 rings (SSSR count). The van der Waals surface area contributed by atoms with E-state index < -0.39 is 0 Å². The van der Waals surface area contributed by atoms with E-state index in [1.165, 1.54) is 0 Å². The summed E-state index contributed by atoms with van der Waals surface area (Å²) < 4.78 is 17.8. The van der Waals surface area contributed by atoms with E-state index in [1.54, 1.807) is 48.7 Å². The molecular weight excluding hydrogens is 402 g/mol.